The molecule has 2 N–H and O–H groups in total. The van der Waals surface area contributed by atoms with Gasteiger partial charge >= 0.3 is 0 Å². The summed E-state index contributed by atoms with van der Waals surface area (Å²) in [4.78, 5) is 0. The molecule has 0 heterocycles. The monoisotopic (exact) mass is 311 g/mol. The summed E-state index contributed by atoms with van der Waals surface area (Å²) in [6, 6.07) is 11.2. The first-order valence-corrected chi connectivity index (χ1v) is 6.21. The maximum Gasteiger partial charge on any atom is 0.159 e. The zero-order chi connectivity index (χ0) is 13.3. The molecule has 1 unspecified atom stereocenters. The fourth-order valence-corrected chi connectivity index (χ4v) is 2.55. The van der Waals surface area contributed by atoms with Gasteiger partial charge in [0.15, 0.2) is 11.6 Å². The van der Waals surface area contributed by atoms with Crippen molar-refractivity contribution in [2.45, 2.75) is 12.5 Å². The lowest BCUT2D eigenvalue weighted by atomic mass is 9.86. The van der Waals surface area contributed by atoms with E-state index in [0.717, 1.165) is 22.2 Å². The lowest BCUT2D eigenvalue weighted by Gasteiger charge is -2.27. The number of halogens is 3. The Morgan fingerprint density at radius 1 is 1.06 bits per heavy atom. The highest BCUT2D eigenvalue weighted by atomic mass is 79.9. The molecule has 0 aliphatic rings. The highest BCUT2D eigenvalue weighted by Crippen LogP contribution is 2.32. The van der Waals surface area contributed by atoms with Crippen molar-refractivity contribution in [3.8, 4) is 0 Å². The maximum atomic E-state index is 13.3. The van der Waals surface area contributed by atoms with Crippen LogP contribution < -0.4 is 5.73 Å². The molecule has 0 bridgehead atoms. The van der Waals surface area contributed by atoms with E-state index in [1.807, 2.05) is 24.3 Å². The Bertz CT molecular complexity index is 582. The van der Waals surface area contributed by atoms with Crippen molar-refractivity contribution in [3.05, 3.63) is 69.7 Å². The first-order chi connectivity index (χ1) is 8.43. The normalized spacial score (nSPS) is 14.3. The van der Waals surface area contributed by atoms with Crippen molar-refractivity contribution in [3.63, 3.8) is 0 Å². The van der Waals surface area contributed by atoms with Crippen LogP contribution in [-0.2, 0) is 5.54 Å². The molecule has 2 aromatic rings. The van der Waals surface area contributed by atoms with E-state index in [-0.39, 0.29) is 0 Å². The van der Waals surface area contributed by atoms with Crippen molar-refractivity contribution in [1.82, 2.24) is 0 Å². The van der Waals surface area contributed by atoms with E-state index in [0.29, 0.717) is 5.56 Å². The topological polar surface area (TPSA) is 26.0 Å². The molecule has 0 aromatic heterocycles. The third kappa shape index (κ3) is 2.31. The Morgan fingerprint density at radius 2 is 1.72 bits per heavy atom. The molecule has 0 fully saturated rings. The Balaban J connectivity index is 2.54. The minimum Gasteiger partial charge on any atom is -0.318 e. The van der Waals surface area contributed by atoms with Crippen LogP contribution in [0.1, 0.15) is 18.1 Å². The van der Waals surface area contributed by atoms with Gasteiger partial charge in [0.1, 0.15) is 0 Å². The van der Waals surface area contributed by atoms with Crippen molar-refractivity contribution < 1.29 is 8.78 Å². The zero-order valence-electron chi connectivity index (χ0n) is 9.75. The molecule has 4 heteroatoms. The lowest BCUT2D eigenvalue weighted by molar-refractivity contribution is 0.500. The van der Waals surface area contributed by atoms with Crippen LogP contribution in [0.3, 0.4) is 0 Å². The van der Waals surface area contributed by atoms with Crippen LogP contribution in [0, 0.1) is 11.6 Å². The average Bonchev–Trinajstić information content (AvgIpc) is 2.33. The van der Waals surface area contributed by atoms with Crippen LogP contribution in [0.2, 0.25) is 0 Å². The van der Waals surface area contributed by atoms with Gasteiger partial charge in [-0.15, -0.1) is 0 Å². The standard InChI is InChI=1S/C14H12BrF2N/c1-14(18,10-4-2-3-5-11(10)15)9-6-7-12(16)13(17)8-9/h2-8H,18H2,1H3. The van der Waals surface area contributed by atoms with E-state index < -0.39 is 17.2 Å². The van der Waals surface area contributed by atoms with Crippen molar-refractivity contribution in [2.75, 3.05) is 0 Å². The van der Waals surface area contributed by atoms with E-state index in [2.05, 4.69) is 15.9 Å². The number of nitrogens with two attached hydrogens (primary N) is 1. The Morgan fingerprint density at radius 3 is 2.33 bits per heavy atom. The average molecular weight is 312 g/mol. The summed E-state index contributed by atoms with van der Waals surface area (Å²) in [5, 5.41) is 0. The fourth-order valence-electron chi connectivity index (χ4n) is 1.86. The summed E-state index contributed by atoms with van der Waals surface area (Å²) in [7, 11) is 0. The summed E-state index contributed by atoms with van der Waals surface area (Å²) in [6.45, 7) is 1.76. The molecule has 0 aliphatic carbocycles. The van der Waals surface area contributed by atoms with Gasteiger partial charge in [-0.1, -0.05) is 40.2 Å². The second-order valence-electron chi connectivity index (χ2n) is 4.31. The number of hydrogen-bond acceptors (Lipinski definition) is 1. The highest BCUT2D eigenvalue weighted by molar-refractivity contribution is 9.10. The molecule has 0 spiro atoms. The summed E-state index contributed by atoms with van der Waals surface area (Å²) in [5.74, 6) is -1.77. The first kappa shape index (κ1) is 13.2. The van der Waals surface area contributed by atoms with Gasteiger partial charge in [0.05, 0.1) is 5.54 Å². The summed E-state index contributed by atoms with van der Waals surface area (Å²) >= 11 is 3.41. The van der Waals surface area contributed by atoms with E-state index in [4.69, 9.17) is 5.73 Å². The quantitative estimate of drug-likeness (QED) is 0.893. The minimum atomic E-state index is -0.894. The molecule has 2 rings (SSSR count). The van der Waals surface area contributed by atoms with E-state index in [9.17, 15) is 8.78 Å². The number of rotatable bonds is 2. The van der Waals surface area contributed by atoms with E-state index >= 15 is 0 Å². The molecule has 1 atom stereocenters. The molecule has 18 heavy (non-hydrogen) atoms. The summed E-state index contributed by atoms with van der Waals surface area (Å²) in [5.41, 5.74) is 6.70. The molecule has 0 radical (unpaired) electrons. The molecule has 2 aromatic carbocycles. The molecule has 0 saturated heterocycles. The fraction of sp³-hybridized carbons (Fsp3) is 0.143. The Hall–Kier alpha value is -1.26. The highest BCUT2D eigenvalue weighted by Gasteiger charge is 2.26. The molecule has 1 nitrogen and oxygen atoms in total. The second kappa shape index (κ2) is 4.78. The molecule has 0 saturated carbocycles. The van der Waals surface area contributed by atoms with Gasteiger partial charge in [0, 0.05) is 4.47 Å². The summed E-state index contributed by atoms with van der Waals surface area (Å²) < 4.78 is 27.1. The third-order valence-electron chi connectivity index (χ3n) is 2.95. The van der Waals surface area contributed by atoms with Gasteiger partial charge in [-0.25, -0.2) is 8.78 Å². The van der Waals surface area contributed by atoms with Gasteiger partial charge in [0.2, 0.25) is 0 Å². The van der Waals surface area contributed by atoms with Crippen molar-refractivity contribution >= 4 is 15.9 Å². The molecule has 0 amide bonds. The van der Waals surface area contributed by atoms with Crippen molar-refractivity contribution in [1.29, 1.82) is 0 Å². The number of hydrogen-bond donors (Lipinski definition) is 1. The van der Waals surface area contributed by atoms with E-state index in [1.165, 1.54) is 6.07 Å². The van der Waals surface area contributed by atoms with Gasteiger partial charge in [-0.05, 0) is 36.2 Å². The molecular formula is C14H12BrF2N. The van der Waals surface area contributed by atoms with Gasteiger partial charge in [0.25, 0.3) is 0 Å². The third-order valence-corrected chi connectivity index (χ3v) is 3.64. The zero-order valence-corrected chi connectivity index (χ0v) is 11.3. The summed E-state index contributed by atoms with van der Waals surface area (Å²) in [6.07, 6.45) is 0. The lowest BCUT2D eigenvalue weighted by Crippen LogP contribution is -2.34. The van der Waals surface area contributed by atoms with E-state index in [1.54, 1.807) is 6.92 Å². The Kier molecular flexibility index (Phi) is 3.50. The maximum absolute atomic E-state index is 13.3. The van der Waals surface area contributed by atoms with Gasteiger partial charge in [-0.3, -0.25) is 0 Å². The molecule has 94 valence electrons. The van der Waals surface area contributed by atoms with Gasteiger partial charge < -0.3 is 5.73 Å². The van der Waals surface area contributed by atoms with Gasteiger partial charge in [-0.2, -0.15) is 0 Å². The predicted molar refractivity (Wildman–Crippen MR) is 71.1 cm³/mol. The largest absolute Gasteiger partial charge is 0.318 e. The SMILES string of the molecule is CC(N)(c1ccc(F)c(F)c1)c1ccccc1Br. The molecular weight excluding hydrogens is 300 g/mol. The first-order valence-electron chi connectivity index (χ1n) is 5.42. The second-order valence-corrected chi connectivity index (χ2v) is 5.17. The van der Waals surface area contributed by atoms with Crippen molar-refractivity contribution in [2.24, 2.45) is 5.73 Å². The minimum absolute atomic E-state index is 0.522. The molecule has 0 aliphatic heterocycles. The number of benzene rings is 2. The van der Waals surface area contributed by atoms with Crippen LogP contribution in [0.25, 0.3) is 0 Å². The van der Waals surface area contributed by atoms with Crippen LogP contribution in [0.4, 0.5) is 8.78 Å². The smallest absolute Gasteiger partial charge is 0.159 e. The Labute approximate surface area is 113 Å². The van der Waals surface area contributed by atoms with Crippen LogP contribution in [-0.4, -0.2) is 0 Å². The van der Waals surface area contributed by atoms with Crippen LogP contribution in [0.15, 0.2) is 46.9 Å². The van der Waals surface area contributed by atoms with Crippen LogP contribution in [0.5, 0.6) is 0 Å². The van der Waals surface area contributed by atoms with Crippen LogP contribution >= 0.6 is 15.9 Å². The predicted octanol–water partition coefficient (Wildman–Crippen LogP) is 3.95.